The lowest BCUT2D eigenvalue weighted by molar-refractivity contribution is -0.113. The van der Waals surface area contributed by atoms with Gasteiger partial charge < -0.3 is 10.6 Å². The van der Waals surface area contributed by atoms with E-state index < -0.39 is 0 Å². The average molecular weight is 288 g/mol. The molecule has 1 aliphatic rings. The van der Waals surface area contributed by atoms with Crippen molar-refractivity contribution in [2.45, 2.75) is 11.8 Å². The number of carbonyl (C=O) groups is 2. The molecule has 0 saturated carbocycles. The minimum absolute atomic E-state index is 0.0309. The Morgan fingerprint density at radius 3 is 3.05 bits per heavy atom. The van der Waals surface area contributed by atoms with Crippen molar-refractivity contribution < 1.29 is 9.59 Å². The predicted octanol–water partition coefficient (Wildman–Crippen LogP) is 2.01. The van der Waals surface area contributed by atoms with E-state index in [2.05, 4.69) is 20.8 Å². The molecular weight excluding hydrogens is 276 g/mol. The highest BCUT2D eigenvalue weighted by atomic mass is 32.2. The third-order valence-corrected chi connectivity index (χ3v) is 4.02. The molecule has 20 heavy (non-hydrogen) atoms. The maximum atomic E-state index is 12.1. The molecule has 6 nitrogen and oxygen atoms in total. The van der Waals surface area contributed by atoms with Gasteiger partial charge in [-0.05, 0) is 25.1 Å². The van der Waals surface area contributed by atoms with Crippen molar-refractivity contribution in [1.29, 1.82) is 0 Å². The quantitative estimate of drug-likeness (QED) is 0.789. The van der Waals surface area contributed by atoms with Crippen molar-refractivity contribution >= 4 is 35.0 Å². The highest BCUT2D eigenvalue weighted by Gasteiger charge is 2.17. The topological polar surface area (TPSA) is 86.9 Å². The Hall–Kier alpha value is -2.28. The van der Waals surface area contributed by atoms with Gasteiger partial charge in [0.1, 0.15) is 0 Å². The van der Waals surface area contributed by atoms with E-state index >= 15 is 0 Å². The van der Waals surface area contributed by atoms with Crippen molar-refractivity contribution in [3.05, 3.63) is 35.7 Å². The number of aromatic nitrogens is 2. The summed E-state index contributed by atoms with van der Waals surface area (Å²) in [7, 11) is 0. The van der Waals surface area contributed by atoms with Gasteiger partial charge >= 0.3 is 0 Å². The summed E-state index contributed by atoms with van der Waals surface area (Å²) in [4.78, 5) is 24.4. The summed E-state index contributed by atoms with van der Waals surface area (Å²) in [6.45, 7) is 1.78. The molecule has 0 spiro atoms. The van der Waals surface area contributed by atoms with Gasteiger partial charge in [-0.2, -0.15) is 5.10 Å². The molecule has 0 unspecified atom stereocenters. The summed E-state index contributed by atoms with van der Waals surface area (Å²) in [5.41, 5.74) is 2.58. The summed E-state index contributed by atoms with van der Waals surface area (Å²) >= 11 is 1.48. The van der Waals surface area contributed by atoms with Crippen LogP contribution in [-0.4, -0.2) is 27.8 Å². The van der Waals surface area contributed by atoms with Crippen LogP contribution in [0, 0.1) is 6.92 Å². The third kappa shape index (κ3) is 2.39. The highest BCUT2D eigenvalue weighted by molar-refractivity contribution is 8.00. The first-order valence-corrected chi connectivity index (χ1v) is 7.00. The fourth-order valence-corrected chi connectivity index (χ4v) is 2.73. The molecule has 0 fully saturated rings. The van der Waals surface area contributed by atoms with Crippen LogP contribution >= 0.6 is 11.8 Å². The van der Waals surface area contributed by atoms with Gasteiger partial charge in [0.15, 0.2) is 0 Å². The number of hydrogen-bond donors (Lipinski definition) is 3. The van der Waals surface area contributed by atoms with E-state index in [1.807, 2.05) is 12.1 Å². The van der Waals surface area contributed by atoms with Gasteiger partial charge in [0.25, 0.3) is 5.91 Å². The van der Waals surface area contributed by atoms with Gasteiger partial charge in [0, 0.05) is 16.3 Å². The molecule has 2 amide bonds. The van der Waals surface area contributed by atoms with Crippen LogP contribution in [0.3, 0.4) is 0 Å². The van der Waals surface area contributed by atoms with Gasteiger partial charge in [-0.25, -0.2) is 0 Å². The van der Waals surface area contributed by atoms with E-state index in [4.69, 9.17) is 0 Å². The number of rotatable bonds is 2. The second-order valence-corrected chi connectivity index (χ2v) is 5.43. The van der Waals surface area contributed by atoms with Crippen LogP contribution < -0.4 is 10.6 Å². The van der Waals surface area contributed by atoms with Crippen LogP contribution in [0.15, 0.2) is 29.3 Å². The molecule has 1 aromatic heterocycles. The van der Waals surface area contributed by atoms with Gasteiger partial charge in [0.05, 0.1) is 23.2 Å². The van der Waals surface area contributed by atoms with Crippen molar-refractivity contribution in [3.8, 4) is 0 Å². The highest BCUT2D eigenvalue weighted by Crippen LogP contribution is 2.33. The predicted molar refractivity (Wildman–Crippen MR) is 77.1 cm³/mol. The Kier molecular flexibility index (Phi) is 3.19. The number of H-pyrrole nitrogens is 1. The van der Waals surface area contributed by atoms with Gasteiger partial charge in [-0.3, -0.25) is 14.7 Å². The average Bonchev–Trinajstić information content (AvgIpc) is 2.84. The minimum atomic E-state index is -0.231. The molecule has 0 atom stereocenters. The molecular formula is C13H12N4O2S. The Bertz CT molecular complexity index is 695. The number of benzene rings is 1. The molecule has 1 aromatic carbocycles. The molecule has 2 heterocycles. The molecule has 0 bridgehead atoms. The van der Waals surface area contributed by atoms with E-state index in [1.165, 1.54) is 18.0 Å². The zero-order chi connectivity index (χ0) is 14.1. The molecule has 3 N–H and O–H groups in total. The fraction of sp³-hybridized carbons (Fsp3) is 0.154. The Balaban J connectivity index is 1.82. The van der Waals surface area contributed by atoms with Crippen molar-refractivity contribution in [1.82, 2.24) is 10.2 Å². The maximum absolute atomic E-state index is 12.1. The summed E-state index contributed by atoms with van der Waals surface area (Å²) in [6.07, 6.45) is 1.49. The zero-order valence-corrected chi connectivity index (χ0v) is 11.5. The lowest BCUT2D eigenvalue weighted by Crippen LogP contribution is -2.19. The van der Waals surface area contributed by atoms with Crippen LogP contribution in [0.4, 0.5) is 11.4 Å². The van der Waals surface area contributed by atoms with Crippen LogP contribution in [0.5, 0.6) is 0 Å². The molecule has 0 saturated heterocycles. The molecule has 2 aromatic rings. The second-order valence-electron chi connectivity index (χ2n) is 4.41. The first-order valence-electron chi connectivity index (χ1n) is 6.01. The first-order chi connectivity index (χ1) is 9.63. The van der Waals surface area contributed by atoms with Crippen LogP contribution in [0.25, 0.3) is 0 Å². The van der Waals surface area contributed by atoms with E-state index in [0.29, 0.717) is 22.7 Å². The van der Waals surface area contributed by atoms with Crippen molar-refractivity contribution in [2.75, 3.05) is 16.4 Å². The number of hydrogen-bond acceptors (Lipinski definition) is 4. The number of anilines is 2. The fourth-order valence-electron chi connectivity index (χ4n) is 1.94. The SMILES string of the molecule is Cc1[nH]ncc1C(=O)Nc1ccc2c(c1)NC(=O)CS2. The number of amides is 2. The van der Waals surface area contributed by atoms with E-state index in [9.17, 15) is 9.59 Å². The summed E-state index contributed by atoms with van der Waals surface area (Å²) in [5, 5.41) is 12.1. The maximum Gasteiger partial charge on any atom is 0.259 e. The van der Waals surface area contributed by atoms with Crippen LogP contribution in [-0.2, 0) is 4.79 Å². The molecule has 1 aliphatic heterocycles. The number of nitrogens with one attached hydrogen (secondary N) is 3. The molecule has 7 heteroatoms. The van der Waals surface area contributed by atoms with Crippen molar-refractivity contribution in [3.63, 3.8) is 0 Å². The van der Waals surface area contributed by atoms with Gasteiger partial charge in [-0.1, -0.05) is 0 Å². The second kappa shape index (κ2) is 5.01. The number of carbonyl (C=O) groups excluding carboxylic acids is 2. The smallest absolute Gasteiger partial charge is 0.259 e. The molecule has 0 aliphatic carbocycles. The van der Waals surface area contributed by atoms with Crippen molar-refractivity contribution in [2.24, 2.45) is 0 Å². The molecule has 0 radical (unpaired) electrons. The Labute approximate surface area is 119 Å². The van der Waals surface area contributed by atoms with Crippen LogP contribution in [0.1, 0.15) is 16.1 Å². The number of aromatic amines is 1. The summed E-state index contributed by atoms with van der Waals surface area (Å²) < 4.78 is 0. The van der Waals surface area contributed by atoms with E-state index in [0.717, 1.165) is 10.6 Å². The largest absolute Gasteiger partial charge is 0.324 e. The lowest BCUT2D eigenvalue weighted by atomic mass is 10.2. The van der Waals surface area contributed by atoms with Gasteiger partial charge in [0.2, 0.25) is 5.91 Å². The monoisotopic (exact) mass is 288 g/mol. The van der Waals surface area contributed by atoms with E-state index in [-0.39, 0.29) is 11.8 Å². The zero-order valence-electron chi connectivity index (χ0n) is 10.7. The Morgan fingerprint density at radius 1 is 1.45 bits per heavy atom. The summed E-state index contributed by atoms with van der Waals surface area (Å²) in [6, 6.07) is 5.46. The number of aryl methyl sites for hydroxylation is 1. The summed E-state index contributed by atoms with van der Waals surface area (Å²) in [5.74, 6) is 0.162. The normalized spacial score (nSPS) is 13.6. The number of nitrogens with zero attached hydrogens (tertiary/aromatic N) is 1. The van der Waals surface area contributed by atoms with Crippen LogP contribution in [0.2, 0.25) is 0 Å². The molecule has 3 rings (SSSR count). The van der Waals surface area contributed by atoms with E-state index in [1.54, 1.807) is 13.0 Å². The Morgan fingerprint density at radius 2 is 2.30 bits per heavy atom. The standard InChI is InChI=1S/C13H12N4O2S/c1-7-9(5-14-17-7)13(19)15-8-2-3-11-10(4-8)16-12(18)6-20-11/h2-5H,6H2,1H3,(H,14,17)(H,15,19)(H,16,18). The third-order valence-electron chi connectivity index (χ3n) is 2.94. The minimum Gasteiger partial charge on any atom is -0.324 e. The lowest BCUT2D eigenvalue weighted by Gasteiger charge is -2.17. The first kappa shape index (κ1) is 12.7. The number of thioether (sulfide) groups is 1. The molecule has 102 valence electrons. The van der Waals surface area contributed by atoms with Gasteiger partial charge in [-0.15, -0.1) is 11.8 Å². The number of fused-ring (bicyclic) bond motifs is 1.